The number of hydrogen-bond acceptors (Lipinski definition) is 2. The lowest BCUT2D eigenvalue weighted by Gasteiger charge is -2.20. The molecule has 0 aliphatic rings. The highest BCUT2D eigenvalue weighted by molar-refractivity contribution is 6.19. The lowest BCUT2D eigenvalue weighted by Crippen LogP contribution is -2.32. The summed E-state index contributed by atoms with van der Waals surface area (Å²) < 4.78 is 0. The molecule has 1 aromatic carbocycles. The highest BCUT2D eigenvalue weighted by atomic mass is 35.5. The number of benzene rings is 1. The van der Waals surface area contributed by atoms with Crippen LogP contribution in [0.2, 0.25) is 0 Å². The molecule has 0 aliphatic heterocycles. The van der Waals surface area contributed by atoms with Crippen LogP contribution in [0.5, 0.6) is 0 Å². The third-order valence-corrected chi connectivity index (χ3v) is 2.81. The smallest absolute Gasteiger partial charge is 0.230 e. The molecular weight excluding hydrogens is 224 g/mol. The molecule has 16 heavy (non-hydrogen) atoms. The number of carbonyl (C=O) groups is 1. The van der Waals surface area contributed by atoms with Gasteiger partial charge < -0.3 is 4.90 Å². The summed E-state index contributed by atoms with van der Waals surface area (Å²) in [6, 6.07) is 8.97. The monoisotopic (exact) mass is 236 g/mol. The highest BCUT2D eigenvalue weighted by Gasteiger charge is 2.17. The van der Waals surface area contributed by atoms with E-state index in [1.807, 2.05) is 6.07 Å². The predicted molar refractivity (Wildman–Crippen MR) is 64.5 cm³/mol. The molecule has 0 fully saturated rings. The standard InChI is InChI=1S/C12H13ClN2O/c1-9(7-13)12(16)15(2)11-5-3-4-10(6-11)8-14/h3-6,9H,7H2,1-2H3. The van der Waals surface area contributed by atoms with Gasteiger partial charge in [-0.15, -0.1) is 11.6 Å². The first-order valence-corrected chi connectivity index (χ1v) is 5.47. The number of hydrogen-bond donors (Lipinski definition) is 0. The molecule has 1 rings (SSSR count). The second-order valence-electron chi connectivity index (χ2n) is 3.61. The molecule has 3 nitrogen and oxygen atoms in total. The zero-order valence-electron chi connectivity index (χ0n) is 9.27. The fraction of sp³-hybridized carbons (Fsp3) is 0.333. The van der Waals surface area contributed by atoms with Crippen molar-refractivity contribution in [1.82, 2.24) is 0 Å². The number of nitrogens with zero attached hydrogens (tertiary/aromatic N) is 2. The zero-order chi connectivity index (χ0) is 12.1. The Hall–Kier alpha value is -1.53. The van der Waals surface area contributed by atoms with Crippen molar-refractivity contribution in [2.24, 2.45) is 5.92 Å². The van der Waals surface area contributed by atoms with Crippen LogP contribution in [0.3, 0.4) is 0 Å². The number of alkyl halides is 1. The van der Waals surface area contributed by atoms with Gasteiger partial charge in [-0.05, 0) is 18.2 Å². The maximum absolute atomic E-state index is 11.8. The number of halogens is 1. The largest absolute Gasteiger partial charge is 0.315 e. The maximum atomic E-state index is 11.8. The van der Waals surface area contributed by atoms with Gasteiger partial charge in [-0.3, -0.25) is 4.79 Å². The van der Waals surface area contributed by atoms with Crippen molar-refractivity contribution in [3.8, 4) is 6.07 Å². The van der Waals surface area contributed by atoms with Crippen molar-refractivity contribution in [1.29, 1.82) is 5.26 Å². The van der Waals surface area contributed by atoms with Gasteiger partial charge in [0.2, 0.25) is 5.91 Å². The summed E-state index contributed by atoms with van der Waals surface area (Å²) in [7, 11) is 1.68. The van der Waals surface area contributed by atoms with Crippen molar-refractivity contribution >= 4 is 23.2 Å². The molecule has 1 aromatic rings. The third kappa shape index (κ3) is 2.74. The molecule has 0 aliphatic carbocycles. The molecule has 0 spiro atoms. The average molecular weight is 237 g/mol. The van der Waals surface area contributed by atoms with E-state index in [9.17, 15) is 4.79 Å². The second-order valence-corrected chi connectivity index (χ2v) is 3.92. The Balaban J connectivity index is 2.92. The van der Waals surface area contributed by atoms with Gasteiger partial charge in [0.15, 0.2) is 0 Å². The van der Waals surface area contributed by atoms with Crippen LogP contribution < -0.4 is 4.90 Å². The van der Waals surface area contributed by atoms with E-state index in [0.29, 0.717) is 17.1 Å². The van der Waals surface area contributed by atoms with Crippen molar-refractivity contribution in [2.75, 3.05) is 17.8 Å². The van der Waals surface area contributed by atoms with Gasteiger partial charge >= 0.3 is 0 Å². The third-order valence-electron chi connectivity index (χ3n) is 2.35. The first kappa shape index (κ1) is 12.5. The quantitative estimate of drug-likeness (QED) is 0.757. The van der Waals surface area contributed by atoms with Crippen molar-refractivity contribution in [2.45, 2.75) is 6.92 Å². The molecular formula is C12H13ClN2O. The molecule has 0 heterocycles. The minimum atomic E-state index is -0.225. The normalized spacial score (nSPS) is 11.6. The van der Waals surface area contributed by atoms with Crippen molar-refractivity contribution in [3.63, 3.8) is 0 Å². The number of nitriles is 1. The molecule has 0 N–H and O–H groups in total. The lowest BCUT2D eigenvalue weighted by atomic mass is 10.1. The summed E-state index contributed by atoms with van der Waals surface area (Å²) in [5.74, 6) is 0.0173. The number of rotatable bonds is 3. The van der Waals surface area contributed by atoms with Crippen LogP contribution in [0.15, 0.2) is 24.3 Å². The Bertz CT molecular complexity index is 425. The van der Waals surface area contributed by atoms with Crippen LogP contribution in [0.4, 0.5) is 5.69 Å². The Labute approximate surface area is 100 Å². The van der Waals surface area contributed by atoms with Gasteiger partial charge in [0, 0.05) is 24.5 Å². The Morgan fingerprint density at radius 2 is 2.31 bits per heavy atom. The maximum Gasteiger partial charge on any atom is 0.230 e. The summed E-state index contributed by atoms with van der Waals surface area (Å²) >= 11 is 5.64. The topological polar surface area (TPSA) is 44.1 Å². The van der Waals surface area contributed by atoms with Crippen LogP contribution in [-0.4, -0.2) is 18.8 Å². The Kier molecular flexibility index (Phi) is 4.33. The number of carbonyl (C=O) groups excluding carboxylic acids is 1. The first-order chi connectivity index (χ1) is 7.60. The summed E-state index contributed by atoms with van der Waals surface area (Å²) in [4.78, 5) is 13.4. The first-order valence-electron chi connectivity index (χ1n) is 4.94. The van der Waals surface area contributed by atoms with Gasteiger partial charge in [0.05, 0.1) is 11.6 Å². The minimum absolute atomic E-state index is 0.0508. The van der Waals surface area contributed by atoms with Crippen LogP contribution in [-0.2, 0) is 4.79 Å². The molecule has 84 valence electrons. The molecule has 0 saturated heterocycles. The van der Waals surface area contributed by atoms with E-state index in [2.05, 4.69) is 0 Å². The molecule has 1 atom stereocenters. The van der Waals surface area contributed by atoms with Gasteiger partial charge in [0.25, 0.3) is 0 Å². The number of amides is 1. The second kappa shape index (κ2) is 5.53. The average Bonchev–Trinajstić information content (AvgIpc) is 2.36. The van der Waals surface area contributed by atoms with Gasteiger partial charge in [-0.2, -0.15) is 5.26 Å². The van der Waals surface area contributed by atoms with Gasteiger partial charge in [-0.25, -0.2) is 0 Å². The van der Waals surface area contributed by atoms with E-state index in [0.717, 1.165) is 0 Å². The Morgan fingerprint density at radius 1 is 1.62 bits per heavy atom. The van der Waals surface area contributed by atoms with E-state index in [-0.39, 0.29) is 11.8 Å². The van der Waals surface area contributed by atoms with Crippen LogP contribution in [0, 0.1) is 17.2 Å². The number of anilines is 1. The molecule has 1 unspecified atom stereocenters. The fourth-order valence-corrected chi connectivity index (χ4v) is 1.44. The summed E-state index contributed by atoms with van der Waals surface area (Å²) in [5, 5.41) is 8.76. The van der Waals surface area contributed by atoms with E-state index >= 15 is 0 Å². The molecule has 1 amide bonds. The lowest BCUT2D eigenvalue weighted by molar-refractivity contribution is -0.121. The van der Waals surface area contributed by atoms with E-state index in [1.54, 1.807) is 38.2 Å². The van der Waals surface area contributed by atoms with E-state index in [1.165, 1.54) is 4.90 Å². The summed E-state index contributed by atoms with van der Waals surface area (Å²) in [6.07, 6.45) is 0. The fourth-order valence-electron chi connectivity index (χ4n) is 1.31. The predicted octanol–water partition coefficient (Wildman–Crippen LogP) is 2.40. The minimum Gasteiger partial charge on any atom is -0.315 e. The summed E-state index contributed by atoms with van der Waals surface area (Å²) in [6.45, 7) is 1.78. The van der Waals surface area contributed by atoms with Crippen LogP contribution in [0.25, 0.3) is 0 Å². The van der Waals surface area contributed by atoms with E-state index < -0.39 is 0 Å². The molecule has 0 radical (unpaired) electrons. The van der Waals surface area contributed by atoms with Gasteiger partial charge in [-0.1, -0.05) is 13.0 Å². The van der Waals surface area contributed by atoms with Crippen molar-refractivity contribution < 1.29 is 4.79 Å². The van der Waals surface area contributed by atoms with Crippen LogP contribution >= 0.6 is 11.6 Å². The highest BCUT2D eigenvalue weighted by Crippen LogP contribution is 2.17. The van der Waals surface area contributed by atoms with Crippen molar-refractivity contribution in [3.05, 3.63) is 29.8 Å². The van der Waals surface area contributed by atoms with Crippen LogP contribution in [0.1, 0.15) is 12.5 Å². The molecule has 4 heteroatoms. The molecule has 0 bridgehead atoms. The SMILES string of the molecule is CC(CCl)C(=O)N(C)c1cccc(C#N)c1. The molecule has 0 saturated carbocycles. The molecule has 0 aromatic heterocycles. The summed E-state index contributed by atoms with van der Waals surface area (Å²) in [5.41, 5.74) is 1.25. The van der Waals surface area contributed by atoms with Gasteiger partial charge in [0.1, 0.15) is 0 Å². The zero-order valence-corrected chi connectivity index (χ0v) is 10.0. The Morgan fingerprint density at radius 3 is 2.88 bits per heavy atom. The van der Waals surface area contributed by atoms with E-state index in [4.69, 9.17) is 16.9 Å².